The van der Waals surface area contributed by atoms with Gasteiger partial charge in [0.15, 0.2) is 11.3 Å². The van der Waals surface area contributed by atoms with Gasteiger partial charge in [-0.25, -0.2) is 15.0 Å². The first-order chi connectivity index (χ1) is 8.75. The van der Waals surface area contributed by atoms with E-state index in [4.69, 9.17) is 0 Å². The van der Waals surface area contributed by atoms with Gasteiger partial charge in [0.25, 0.3) is 0 Å². The molecule has 0 bridgehead atoms. The zero-order chi connectivity index (χ0) is 12.5. The van der Waals surface area contributed by atoms with Crippen molar-refractivity contribution in [2.75, 3.05) is 0 Å². The Balaban J connectivity index is 2.12. The molecule has 0 saturated carbocycles. The molecule has 2 heterocycles. The van der Waals surface area contributed by atoms with Crippen molar-refractivity contribution in [2.24, 2.45) is 0 Å². The van der Waals surface area contributed by atoms with Crippen LogP contribution in [0.1, 0.15) is 18.5 Å². The van der Waals surface area contributed by atoms with E-state index < -0.39 is 0 Å². The van der Waals surface area contributed by atoms with Gasteiger partial charge < -0.3 is 4.57 Å². The van der Waals surface area contributed by atoms with Crippen molar-refractivity contribution in [3.63, 3.8) is 0 Å². The summed E-state index contributed by atoms with van der Waals surface area (Å²) in [4.78, 5) is 12.9. The van der Waals surface area contributed by atoms with Crippen LogP contribution in [0.2, 0.25) is 0 Å². The average molecular weight is 303 g/mol. The molecule has 3 aromatic rings. The van der Waals surface area contributed by atoms with Crippen molar-refractivity contribution in [3.8, 4) is 0 Å². The van der Waals surface area contributed by atoms with Crippen molar-refractivity contribution in [1.29, 1.82) is 0 Å². The lowest BCUT2D eigenvalue weighted by molar-refractivity contribution is 0.652. The smallest absolute Gasteiger partial charge is 0.197 e. The largest absolute Gasteiger partial charge is 0.307 e. The standard InChI is InChI=1S/C13H11BrN4/c1-9(10-5-3-2-4-6-10)18-8-16-12-13(18)17-11(14)7-15-12/h2-9H,1H3/t9-/m1/s1. The molecule has 0 N–H and O–H groups in total. The summed E-state index contributed by atoms with van der Waals surface area (Å²) in [5.41, 5.74) is 2.68. The first-order valence-corrected chi connectivity index (χ1v) is 6.45. The minimum absolute atomic E-state index is 0.180. The molecule has 18 heavy (non-hydrogen) atoms. The summed E-state index contributed by atoms with van der Waals surface area (Å²) in [6, 6.07) is 10.5. The SMILES string of the molecule is C[C@H](c1ccccc1)n1cnc2ncc(Br)nc21. The van der Waals surface area contributed by atoms with Crippen LogP contribution < -0.4 is 0 Å². The summed E-state index contributed by atoms with van der Waals surface area (Å²) < 4.78 is 2.75. The highest BCUT2D eigenvalue weighted by Crippen LogP contribution is 2.21. The summed E-state index contributed by atoms with van der Waals surface area (Å²) in [6.45, 7) is 2.12. The molecular formula is C13H11BrN4. The summed E-state index contributed by atoms with van der Waals surface area (Å²) in [6.07, 6.45) is 3.45. The molecule has 1 aromatic carbocycles. The summed E-state index contributed by atoms with van der Waals surface area (Å²) in [5.74, 6) is 0. The van der Waals surface area contributed by atoms with E-state index in [9.17, 15) is 0 Å². The molecule has 0 amide bonds. The van der Waals surface area contributed by atoms with Crippen molar-refractivity contribution >= 4 is 27.2 Å². The fraction of sp³-hybridized carbons (Fsp3) is 0.154. The van der Waals surface area contributed by atoms with E-state index in [-0.39, 0.29) is 6.04 Å². The average Bonchev–Trinajstić information content (AvgIpc) is 2.82. The fourth-order valence-corrected chi connectivity index (χ4v) is 2.23. The fourth-order valence-electron chi connectivity index (χ4n) is 1.96. The molecule has 0 aliphatic carbocycles. The zero-order valence-corrected chi connectivity index (χ0v) is 11.4. The van der Waals surface area contributed by atoms with Gasteiger partial charge in [-0.2, -0.15) is 0 Å². The molecule has 0 aliphatic rings. The van der Waals surface area contributed by atoms with E-state index in [1.54, 1.807) is 12.5 Å². The molecule has 0 radical (unpaired) electrons. The lowest BCUT2D eigenvalue weighted by Gasteiger charge is -2.13. The minimum Gasteiger partial charge on any atom is -0.307 e. The Labute approximate surface area is 113 Å². The molecule has 0 aliphatic heterocycles. The first kappa shape index (κ1) is 11.3. The number of halogens is 1. The Morgan fingerprint density at radius 1 is 1.17 bits per heavy atom. The number of nitrogens with zero attached hydrogens (tertiary/aromatic N) is 4. The van der Waals surface area contributed by atoms with Gasteiger partial charge in [-0.05, 0) is 28.4 Å². The highest BCUT2D eigenvalue weighted by molar-refractivity contribution is 9.10. The van der Waals surface area contributed by atoms with Crippen LogP contribution in [0.15, 0.2) is 47.5 Å². The normalized spacial score (nSPS) is 12.8. The quantitative estimate of drug-likeness (QED) is 0.730. The molecule has 1 atom stereocenters. The Hall–Kier alpha value is -1.75. The third kappa shape index (κ3) is 1.90. The Kier molecular flexibility index (Phi) is 2.83. The van der Waals surface area contributed by atoms with Crippen LogP contribution >= 0.6 is 15.9 Å². The maximum absolute atomic E-state index is 4.44. The molecule has 0 saturated heterocycles. The molecule has 2 aromatic heterocycles. The molecule has 0 fully saturated rings. The van der Waals surface area contributed by atoms with E-state index in [1.807, 2.05) is 22.8 Å². The molecule has 90 valence electrons. The van der Waals surface area contributed by atoms with E-state index in [1.165, 1.54) is 5.56 Å². The third-order valence-corrected chi connectivity index (χ3v) is 3.34. The Morgan fingerprint density at radius 2 is 1.94 bits per heavy atom. The Bertz CT molecular complexity index is 678. The predicted octanol–water partition coefficient (Wildman–Crippen LogP) is 3.20. The van der Waals surface area contributed by atoms with Crippen LogP contribution in [0, 0.1) is 0 Å². The second kappa shape index (κ2) is 4.49. The lowest BCUT2D eigenvalue weighted by atomic mass is 10.1. The van der Waals surface area contributed by atoms with Crippen LogP contribution in [-0.4, -0.2) is 19.5 Å². The van der Waals surface area contributed by atoms with Gasteiger partial charge in [-0.15, -0.1) is 0 Å². The second-order valence-electron chi connectivity index (χ2n) is 4.08. The first-order valence-electron chi connectivity index (χ1n) is 5.66. The number of aromatic nitrogens is 4. The van der Waals surface area contributed by atoms with Crippen LogP contribution in [0.25, 0.3) is 11.3 Å². The van der Waals surface area contributed by atoms with E-state index in [0.717, 1.165) is 10.3 Å². The van der Waals surface area contributed by atoms with Gasteiger partial charge in [0.05, 0.1) is 18.6 Å². The van der Waals surface area contributed by atoms with Crippen molar-refractivity contribution in [3.05, 3.63) is 53.0 Å². The summed E-state index contributed by atoms with van der Waals surface area (Å²) in [5, 5.41) is 0. The maximum atomic E-state index is 4.44. The Morgan fingerprint density at radius 3 is 2.72 bits per heavy atom. The molecule has 0 unspecified atom stereocenters. The molecule has 0 spiro atoms. The second-order valence-corrected chi connectivity index (χ2v) is 4.89. The molecular weight excluding hydrogens is 292 g/mol. The zero-order valence-electron chi connectivity index (χ0n) is 9.79. The maximum Gasteiger partial charge on any atom is 0.197 e. The number of benzene rings is 1. The van der Waals surface area contributed by atoms with Gasteiger partial charge in [0.1, 0.15) is 4.60 Å². The van der Waals surface area contributed by atoms with Gasteiger partial charge >= 0.3 is 0 Å². The molecule has 5 heteroatoms. The highest BCUT2D eigenvalue weighted by Gasteiger charge is 2.13. The van der Waals surface area contributed by atoms with Crippen LogP contribution in [0.5, 0.6) is 0 Å². The van der Waals surface area contributed by atoms with Crippen LogP contribution in [0.4, 0.5) is 0 Å². The number of rotatable bonds is 2. The number of fused-ring (bicyclic) bond motifs is 1. The minimum atomic E-state index is 0.180. The van der Waals surface area contributed by atoms with Crippen molar-refractivity contribution < 1.29 is 0 Å². The van der Waals surface area contributed by atoms with Crippen LogP contribution in [0.3, 0.4) is 0 Å². The number of imidazole rings is 1. The van der Waals surface area contributed by atoms with Gasteiger partial charge in [0, 0.05) is 0 Å². The summed E-state index contributed by atoms with van der Waals surface area (Å²) in [7, 11) is 0. The highest BCUT2D eigenvalue weighted by atomic mass is 79.9. The van der Waals surface area contributed by atoms with E-state index in [0.29, 0.717) is 5.65 Å². The van der Waals surface area contributed by atoms with Crippen molar-refractivity contribution in [2.45, 2.75) is 13.0 Å². The number of hydrogen-bond acceptors (Lipinski definition) is 3. The van der Waals surface area contributed by atoms with Gasteiger partial charge in [0.2, 0.25) is 0 Å². The molecule has 4 nitrogen and oxygen atoms in total. The number of hydrogen-bond donors (Lipinski definition) is 0. The molecule has 3 rings (SSSR count). The topological polar surface area (TPSA) is 43.6 Å². The predicted molar refractivity (Wildman–Crippen MR) is 73.3 cm³/mol. The van der Waals surface area contributed by atoms with E-state index >= 15 is 0 Å². The van der Waals surface area contributed by atoms with Gasteiger partial charge in [-0.1, -0.05) is 30.3 Å². The third-order valence-electron chi connectivity index (χ3n) is 2.95. The summed E-state index contributed by atoms with van der Waals surface area (Å²) >= 11 is 3.34. The van der Waals surface area contributed by atoms with Gasteiger partial charge in [-0.3, -0.25) is 0 Å². The lowest BCUT2D eigenvalue weighted by Crippen LogP contribution is -2.06. The van der Waals surface area contributed by atoms with E-state index in [2.05, 4.69) is 49.9 Å². The van der Waals surface area contributed by atoms with Crippen LogP contribution in [-0.2, 0) is 0 Å². The monoisotopic (exact) mass is 302 g/mol. The van der Waals surface area contributed by atoms with Crippen molar-refractivity contribution in [1.82, 2.24) is 19.5 Å².